The van der Waals surface area contributed by atoms with E-state index in [0.29, 0.717) is 35.0 Å². The monoisotopic (exact) mass is 328 g/mol. The van der Waals surface area contributed by atoms with Gasteiger partial charge in [-0.3, -0.25) is 4.79 Å². The average molecular weight is 329 g/mol. The van der Waals surface area contributed by atoms with Crippen molar-refractivity contribution in [1.82, 2.24) is 19.9 Å². The van der Waals surface area contributed by atoms with Gasteiger partial charge in [0.25, 0.3) is 0 Å². The maximum atomic E-state index is 12.7. The Kier molecular flexibility index (Phi) is 3.34. The summed E-state index contributed by atoms with van der Waals surface area (Å²) in [5, 5.41) is 3.75. The maximum absolute atomic E-state index is 12.7. The number of hydrogen-bond acceptors (Lipinski definition) is 5. The molecular weight excluding hydrogens is 316 g/mol. The van der Waals surface area contributed by atoms with E-state index in [1.807, 2.05) is 18.2 Å². The first-order chi connectivity index (χ1) is 11.2. The standard InChI is InChI=1S/C15H13ClN6O/c16-9-3-1-2-4-11(9)22-6-5-10(15(22)23)21-14-12-13(18-7-17-12)19-8-20-14/h1-4,7-8,10H,5-6H2,(H2,17,18,19,20,21). The van der Waals surface area contributed by atoms with Gasteiger partial charge in [-0.1, -0.05) is 23.7 Å². The zero-order valence-corrected chi connectivity index (χ0v) is 12.8. The van der Waals surface area contributed by atoms with Crippen LogP contribution in [-0.4, -0.2) is 38.4 Å². The molecule has 1 aliphatic rings. The highest BCUT2D eigenvalue weighted by atomic mass is 35.5. The number of halogens is 1. The Morgan fingerprint density at radius 3 is 3.00 bits per heavy atom. The molecule has 8 heteroatoms. The number of nitrogens with one attached hydrogen (secondary N) is 2. The van der Waals surface area contributed by atoms with E-state index in [0.717, 1.165) is 5.69 Å². The van der Waals surface area contributed by atoms with Crippen LogP contribution in [0.2, 0.25) is 5.02 Å². The van der Waals surface area contributed by atoms with Crippen molar-refractivity contribution in [2.24, 2.45) is 0 Å². The van der Waals surface area contributed by atoms with Gasteiger partial charge in [0.2, 0.25) is 5.91 Å². The molecule has 0 radical (unpaired) electrons. The second kappa shape index (κ2) is 5.51. The van der Waals surface area contributed by atoms with Crippen molar-refractivity contribution < 1.29 is 4.79 Å². The van der Waals surface area contributed by atoms with Crippen molar-refractivity contribution in [1.29, 1.82) is 0 Å². The van der Waals surface area contributed by atoms with E-state index >= 15 is 0 Å². The fourth-order valence-electron chi connectivity index (χ4n) is 2.76. The van der Waals surface area contributed by atoms with E-state index < -0.39 is 0 Å². The lowest BCUT2D eigenvalue weighted by Crippen LogP contribution is -2.33. The van der Waals surface area contributed by atoms with E-state index in [4.69, 9.17) is 11.6 Å². The van der Waals surface area contributed by atoms with E-state index in [1.165, 1.54) is 6.33 Å². The molecule has 1 fully saturated rings. The molecule has 116 valence electrons. The molecule has 1 atom stereocenters. The van der Waals surface area contributed by atoms with Gasteiger partial charge < -0.3 is 15.2 Å². The number of amides is 1. The molecule has 4 rings (SSSR count). The van der Waals surface area contributed by atoms with Crippen molar-refractivity contribution in [2.45, 2.75) is 12.5 Å². The highest BCUT2D eigenvalue weighted by Gasteiger charge is 2.34. The van der Waals surface area contributed by atoms with Crippen molar-refractivity contribution >= 4 is 40.2 Å². The number of carbonyl (C=O) groups excluding carboxylic acids is 1. The molecule has 2 aromatic heterocycles. The van der Waals surface area contributed by atoms with Gasteiger partial charge in [0, 0.05) is 6.54 Å². The Morgan fingerprint density at radius 1 is 1.26 bits per heavy atom. The number of imidazole rings is 1. The summed E-state index contributed by atoms with van der Waals surface area (Å²) in [7, 11) is 0. The van der Waals surface area contributed by atoms with Crippen LogP contribution in [0.5, 0.6) is 0 Å². The number of H-pyrrole nitrogens is 1. The van der Waals surface area contributed by atoms with Gasteiger partial charge in [-0.15, -0.1) is 0 Å². The molecule has 23 heavy (non-hydrogen) atoms. The first-order valence-electron chi connectivity index (χ1n) is 7.20. The van der Waals surface area contributed by atoms with Crippen molar-refractivity contribution in [3.8, 4) is 0 Å². The number of benzene rings is 1. The van der Waals surface area contributed by atoms with Gasteiger partial charge in [0.1, 0.15) is 17.9 Å². The Labute approximate surface area is 136 Å². The Balaban J connectivity index is 1.59. The van der Waals surface area contributed by atoms with Gasteiger partial charge in [-0.25, -0.2) is 15.0 Å². The zero-order chi connectivity index (χ0) is 15.8. The maximum Gasteiger partial charge on any atom is 0.249 e. The third-order valence-corrected chi connectivity index (χ3v) is 4.20. The Bertz CT molecular complexity index is 879. The molecule has 1 unspecified atom stereocenters. The smallest absolute Gasteiger partial charge is 0.249 e. The van der Waals surface area contributed by atoms with Crippen LogP contribution in [0, 0.1) is 0 Å². The zero-order valence-electron chi connectivity index (χ0n) is 12.0. The minimum atomic E-state index is -0.354. The third-order valence-electron chi connectivity index (χ3n) is 3.88. The summed E-state index contributed by atoms with van der Waals surface area (Å²) in [5.41, 5.74) is 1.99. The molecule has 1 amide bonds. The van der Waals surface area contributed by atoms with Gasteiger partial charge in [-0.05, 0) is 18.6 Å². The average Bonchev–Trinajstić information content (AvgIpc) is 3.17. The van der Waals surface area contributed by atoms with Crippen molar-refractivity contribution in [2.75, 3.05) is 16.8 Å². The Morgan fingerprint density at radius 2 is 2.13 bits per heavy atom. The first kappa shape index (κ1) is 14.0. The summed E-state index contributed by atoms with van der Waals surface area (Å²) in [6.07, 6.45) is 3.65. The number of aromatic amines is 1. The lowest BCUT2D eigenvalue weighted by molar-refractivity contribution is -0.117. The van der Waals surface area contributed by atoms with Crippen LogP contribution >= 0.6 is 11.6 Å². The minimum absolute atomic E-state index is 0.0237. The number of anilines is 2. The summed E-state index contributed by atoms with van der Waals surface area (Å²) < 4.78 is 0. The third kappa shape index (κ3) is 2.39. The van der Waals surface area contributed by atoms with Gasteiger partial charge in [0.15, 0.2) is 11.5 Å². The highest BCUT2D eigenvalue weighted by Crippen LogP contribution is 2.30. The van der Waals surface area contributed by atoms with Crippen LogP contribution in [0.25, 0.3) is 11.2 Å². The second-order valence-electron chi connectivity index (χ2n) is 5.25. The van der Waals surface area contributed by atoms with E-state index in [2.05, 4.69) is 25.3 Å². The van der Waals surface area contributed by atoms with Gasteiger partial charge >= 0.3 is 0 Å². The highest BCUT2D eigenvalue weighted by molar-refractivity contribution is 6.34. The second-order valence-corrected chi connectivity index (χ2v) is 5.66. The molecule has 0 spiro atoms. The van der Waals surface area contributed by atoms with Gasteiger partial charge in [0.05, 0.1) is 17.0 Å². The lowest BCUT2D eigenvalue weighted by atomic mass is 10.2. The fourth-order valence-corrected chi connectivity index (χ4v) is 3.00. The molecule has 1 aromatic carbocycles. The number of rotatable bonds is 3. The first-order valence-corrected chi connectivity index (χ1v) is 7.58. The summed E-state index contributed by atoms with van der Waals surface area (Å²) >= 11 is 6.19. The number of nitrogens with zero attached hydrogens (tertiary/aromatic N) is 4. The van der Waals surface area contributed by atoms with Crippen molar-refractivity contribution in [3.05, 3.63) is 41.9 Å². The molecule has 0 aliphatic carbocycles. The molecular formula is C15H13ClN6O. The largest absolute Gasteiger partial charge is 0.356 e. The number of carbonyl (C=O) groups is 1. The number of fused-ring (bicyclic) bond motifs is 1. The van der Waals surface area contributed by atoms with E-state index in [1.54, 1.807) is 17.3 Å². The minimum Gasteiger partial charge on any atom is -0.356 e. The van der Waals surface area contributed by atoms with E-state index in [9.17, 15) is 4.79 Å². The topological polar surface area (TPSA) is 86.8 Å². The Hall–Kier alpha value is -2.67. The van der Waals surface area contributed by atoms with E-state index in [-0.39, 0.29) is 11.9 Å². The number of hydrogen-bond donors (Lipinski definition) is 2. The molecule has 3 aromatic rings. The molecule has 1 saturated heterocycles. The number of aromatic nitrogens is 4. The van der Waals surface area contributed by atoms with Crippen LogP contribution in [0.1, 0.15) is 6.42 Å². The molecule has 3 heterocycles. The van der Waals surface area contributed by atoms with Crippen LogP contribution in [0.3, 0.4) is 0 Å². The van der Waals surface area contributed by atoms with Crippen LogP contribution in [-0.2, 0) is 4.79 Å². The summed E-state index contributed by atoms with van der Waals surface area (Å²) in [6, 6.07) is 6.99. The molecule has 7 nitrogen and oxygen atoms in total. The molecule has 1 aliphatic heterocycles. The summed E-state index contributed by atoms with van der Waals surface area (Å²) in [5.74, 6) is 0.552. The normalized spacial score (nSPS) is 17.9. The quantitative estimate of drug-likeness (QED) is 0.770. The molecule has 0 saturated carbocycles. The van der Waals surface area contributed by atoms with Gasteiger partial charge in [-0.2, -0.15) is 0 Å². The molecule has 2 N–H and O–H groups in total. The predicted molar refractivity (Wildman–Crippen MR) is 87.5 cm³/mol. The summed E-state index contributed by atoms with van der Waals surface area (Å²) in [4.78, 5) is 29.7. The van der Waals surface area contributed by atoms with Crippen molar-refractivity contribution in [3.63, 3.8) is 0 Å². The van der Waals surface area contributed by atoms with Crippen LogP contribution in [0.4, 0.5) is 11.5 Å². The predicted octanol–water partition coefficient (Wildman–Crippen LogP) is 2.22. The fraction of sp³-hybridized carbons (Fsp3) is 0.200. The van der Waals surface area contributed by atoms with Crippen LogP contribution < -0.4 is 10.2 Å². The SMILES string of the molecule is O=C1C(Nc2ncnc3nc[nH]c23)CCN1c1ccccc1Cl. The van der Waals surface area contributed by atoms with Crippen LogP contribution in [0.15, 0.2) is 36.9 Å². The summed E-state index contributed by atoms with van der Waals surface area (Å²) in [6.45, 7) is 0.609. The molecule has 0 bridgehead atoms. The lowest BCUT2D eigenvalue weighted by Gasteiger charge is -2.18. The number of para-hydroxylation sites is 1.